The van der Waals surface area contributed by atoms with Gasteiger partial charge in [0.25, 0.3) is 0 Å². The van der Waals surface area contributed by atoms with Crippen LogP contribution in [-0.4, -0.2) is 13.2 Å². The van der Waals surface area contributed by atoms with Gasteiger partial charge in [-0.2, -0.15) is 0 Å². The maximum Gasteiger partial charge on any atom is 0.0466 e. The molecule has 0 aliphatic carbocycles. The average Bonchev–Trinajstić information content (AvgIpc) is 2.27. The molecule has 0 amide bonds. The Morgan fingerprint density at radius 2 is 0.600 bits per heavy atom. The fourth-order valence-electron chi connectivity index (χ4n) is 2.28. The minimum atomic E-state index is 1.00. The minimum Gasteiger partial charge on any atom is -0.381 e. The highest BCUT2D eigenvalue weighted by atomic mass is 16.5. The van der Waals surface area contributed by atoms with Gasteiger partial charge >= 0.3 is 0 Å². The summed E-state index contributed by atoms with van der Waals surface area (Å²) in [6.07, 6.45) is 16.9. The molecule has 0 bridgehead atoms. The van der Waals surface area contributed by atoms with E-state index >= 15 is 0 Å². The molecule has 0 aromatic rings. The first-order valence-electron chi connectivity index (χ1n) is 7.08. The molecule has 15 heavy (non-hydrogen) atoms. The molecule has 1 rings (SSSR count). The van der Waals surface area contributed by atoms with E-state index in [9.17, 15) is 0 Å². The van der Waals surface area contributed by atoms with E-state index in [1.54, 1.807) is 0 Å². The SMILES string of the molecule is C1CCCCCCCOCCCCCC1. The Hall–Kier alpha value is -0.0400. The number of hydrogen-bond acceptors (Lipinski definition) is 1. The van der Waals surface area contributed by atoms with Gasteiger partial charge in [0.1, 0.15) is 0 Å². The van der Waals surface area contributed by atoms with Gasteiger partial charge in [-0.25, -0.2) is 0 Å². The van der Waals surface area contributed by atoms with Crippen LogP contribution in [0.25, 0.3) is 0 Å². The molecular formula is C14H28O. The summed E-state index contributed by atoms with van der Waals surface area (Å²) in [6.45, 7) is 2.00. The highest BCUT2D eigenvalue weighted by Gasteiger charge is 1.96. The minimum absolute atomic E-state index is 1.00. The summed E-state index contributed by atoms with van der Waals surface area (Å²) >= 11 is 0. The fraction of sp³-hybridized carbons (Fsp3) is 1.00. The van der Waals surface area contributed by atoms with Crippen LogP contribution in [0.1, 0.15) is 77.0 Å². The zero-order valence-corrected chi connectivity index (χ0v) is 10.3. The van der Waals surface area contributed by atoms with Crippen LogP contribution in [0.3, 0.4) is 0 Å². The van der Waals surface area contributed by atoms with E-state index in [1.165, 1.54) is 77.0 Å². The van der Waals surface area contributed by atoms with Crippen molar-refractivity contribution in [3.05, 3.63) is 0 Å². The summed E-state index contributed by atoms with van der Waals surface area (Å²) in [5, 5.41) is 0. The first-order valence-corrected chi connectivity index (χ1v) is 7.08. The fourth-order valence-corrected chi connectivity index (χ4v) is 2.28. The highest BCUT2D eigenvalue weighted by Crippen LogP contribution is 2.12. The second-order valence-corrected chi connectivity index (χ2v) is 4.86. The summed E-state index contributed by atoms with van der Waals surface area (Å²) < 4.78 is 5.61. The van der Waals surface area contributed by atoms with Crippen molar-refractivity contribution < 1.29 is 4.74 Å². The predicted molar refractivity (Wildman–Crippen MR) is 66.2 cm³/mol. The van der Waals surface area contributed by atoms with E-state index in [2.05, 4.69) is 0 Å². The second-order valence-electron chi connectivity index (χ2n) is 4.86. The summed E-state index contributed by atoms with van der Waals surface area (Å²) in [6, 6.07) is 0. The molecule has 1 aliphatic heterocycles. The van der Waals surface area contributed by atoms with Crippen LogP contribution in [0.5, 0.6) is 0 Å². The summed E-state index contributed by atoms with van der Waals surface area (Å²) in [5.74, 6) is 0. The molecule has 1 fully saturated rings. The Kier molecular flexibility index (Phi) is 9.10. The molecule has 0 unspecified atom stereocenters. The third kappa shape index (κ3) is 8.92. The predicted octanol–water partition coefficient (Wildman–Crippen LogP) is 4.70. The first kappa shape index (κ1) is 13.0. The third-order valence-corrected chi connectivity index (χ3v) is 3.33. The van der Waals surface area contributed by atoms with Crippen molar-refractivity contribution in [1.29, 1.82) is 0 Å². The second kappa shape index (κ2) is 10.5. The number of rotatable bonds is 0. The van der Waals surface area contributed by atoms with E-state index < -0.39 is 0 Å². The van der Waals surface area contributed by atoms with E-state index in [1.807, 2.05) is 0 Å². The van der Waals surface area contributed by atoms with Crippen LogP contribution in [0.2, 0.25) is 0 Å². The molecule has 90 valence electrons. The molecule has 0 radical (unpaired) electrons. The van der Waals surface area contributed by atoms with Crippen molar-refractivity contribution in [3.63, 3.8) is 0 Å². The summed E-state index contributed by atoms with van der Waals surface area (Å²) in [5.41, 5.74) is 0. The van der Waals surface area contributed by atoms with Gasteiger partial charge in [0, 0.05) is 13.2 Å². The van der Waals surface area contributed by atoms with Crippen molar-refractivity contribution in [1.82, 2.24) is 0 Å². The molecule has 1 saturated heterocycles. The van der Waals surface area contributed by atoms with Crippen LogP contribution in [0, 0.1) is 0 Å². The van der Waals surface area contributed by atoms with Crippen LogP contribution in [-0.2, 0) is 4.74 Å². The molecule has 1 heteroatoms. The first-order chi connectivity index (χ1) is 7.50. The van der Waals surface area contributed by atoms with E-state index in [-0.39, 0.29) is 0 Å². The Morgan fingerprint density at radius 3 is 0.933 bits per heavy atom. The van der Waals surface area contributed by atoms with Crippen molar-refractivity contribution in [2.75, 3.05) is 13.2 Å². The highest BCUT2D eigenvalue weighted by molar-refractivity contribution is 4.50. The zero-order chi connectivity index (χ0) is 10.6. The molecule has 1 heterocycles. The molecule has 1 nitrogen and oxygen atoms in total. The molecule has 0 aromatic heterocycles. The van der Waals surface area contributed by atoms with Crippen LogP contribution in [0.4, 0.5) is 0 Å². The topological polar surface area (TPSA) is 9.23 Å². The molecular weight excluding hydrogens is 184 g/mol. The molecule has 1 aliphatic rings. The zero-order valence-electron chi connectivity index (χ0n) is 10.3. The lowest BCUT2D eigenvalue weighted by Gasteiger charge is -2.03. The third-order valence-electron chi connectivity index (χ3n) is 3.33. The van der Waals surface area contributed by atoms with Gasteiger partial charge in [-0.05, 0) is 12.8 Å². The largest absolute Gasteiger partial charge is 0.381 e. The summed E-state index contributed by atoms with van der Waals surface area (Å²) in [4.78, 5) is 0. The van der Waals surface area contributed by atoms with Gasteiger partial charge in [0.15, 0.2) is 0 Å². The average molecular weight is 212 g/mol. The molecule has 0 atom stereocenters. The van der Waals surface area contributed by atoms with Crippen molar-refractivity contribution in [3.8, 4) is 0 Å². The number of ether oxygens (including phenoxy) is 1. The molecule has 0 saturated carbocycles. The van der Waals surface area contributed by atoms with Crippen LogP contribution < -0.4 is 0 Å². The molecule has 0 spiro atoms. The molecule has 0 aromatic carbocycles. The van der Waals surface area contributed by atoms with Crippen LogP contribution in [0.15, 0.2) is 0 Å². The van der Waals surface area contributed by atoms with E-state index in [0.29, 0.717) is 0 Å². The van der Waals surface area contributed by atoms with Crippen molar-refractivity contribution in [2.45, 2.75) is 77.0 Å². The van der Waals surface area contributed by atoms with E-state index in [4.69, 9.17) is 4.74 Å². The van der Waals surface area contributed by atoms with Crippen LogP contribution >= 0.6 is 0 Å². The molecule has 0 N–H and O–H groups in total. The van der Waals surface area contributed by atoms with Gasteiger partial charge in [-0.1, -0.05) is 64.2 Å². The smallest absolute Gasteiger partial charge is 0.0466 e. The Bertz CT molecular complexity index is 63.9. The van der Waals surface area contributed by atoms with Gasteiger partial charge in [-0.15, -0.1) is 0 Å². The van der Waals surface area contributed by atoms with Gasteiger partial charge in [0.05, 0.1) is 0 Å². The Labute approximate surface area is 95.6 Å². The van der Waals surface area contributed by atoms with Gasteiger partial charge in [-0.3, -0.25) is 0 Å². The number of hydrogen-bond donors (Lipinski definition) is 0. The Balaban J connectivity index is 2.01. The maximum atomic E-state index is 5.61. The summed E-state index contributed by atoms with van der Waals surface area (Å²) in [7, 11) is 0. The van der Waals surface area contributed by atoms with E-state index in [0.717, 1.165) is 13.2 Å². The van der Waals surface area contributed by atoms with Crippen molar-refractivity contribution >= 4 is 0 Å². The quantitative estimate of drug-likeness (QED) is 0.565. The monoisotopic (exact) mass is 212 g/mol. The standard InChI is InChI=1S/C14H28O/c1-2-4-6-8-10-12-14-15-13-11-9-7-5-3-1/h1-14H2. The lowest BCUT2D eigenvalue weighted by atomic mass is 10.1. The van der Waals surface area contributed by atoms with Gasteiger partial charge in [0.2, 0.25) is 0 Å². The van der Waals surface area contributed by atoms with Crippen molar-refractivity contribution in [2.24, 2.45) is 0 Å². The lowest BCUT2D eigenvalue weighted by molar-refractivity contribution is 0.126. The normalized spacial score (nSPS) is 24.0. The Morgan fingerprint density at radius 1 is 0.333 bits per heavy atom. The maximum absolute atomic E-state index is 5.61. The van der Waals surface area contributed by atoms with Gasteiger partial charge < -0.3 is 4.74 Å². The lowest BCUT2D eigenvalue weighted by Crippen LogP contribution is -1.97.